The van der Waals surface area contributed by atoms with E-state index in [2.05, 4.69) is 0 Å². The van der Waals surface area contributed by atoms with Gasteiger partial charge in [-0.3, -0.25) is 0 Å². The molecule has 0 atom stereocenters. The highest BCUT2D eigenvalue weighted by Crippen LogP contribution is 2.24. The van der Waals surface area contributed by atoms with Gasteiger partial charge in [-0.25, -0.2) is 4.39 Å². The van der Waals surface area contributed by atoms with Crippen LogP contribution in [0.5, 0.6) is 5.75 Å². The van der Waals surface area contributed by atoms with Crippen LogP contribution in [0.2, 0.25) is 0 Å². The molecule has 2 aromatic rings. The Balaban J connectivity index is 2.16. The number of halogens is 1. The third-order valence-electron chi connectivity index (χ3n) is 2.54. The summed E-state index contributed by atoms with van der Waals surface area (Å²) in [5, 5.41) is 8.69. The fourth-order valence-electron chi connectivity index (χ4n) is 1.67. The predicted molar refractivity (Wildman–Crippen MR) is 66.5 cm³/mol. The van der Waals surface area contributed by atoms with Gasteiger partial charge in [0.25, 0.3) is 0 Å². The average Bonchev–Trinajstić information content (AvgIpc) is 2.40. The van der Waals surface area contributed by atoms with Gasteiger partial charge in [-0.05, 0) is 11.6 Å². The molecule has 0 unspecified atom stereocenters. The molecule has 0 saturated carbocycles. The number of nitriles is 1. The molecular formula is C15H12FNO. The van der Waals surface area contributed by atoms with Crippen LogP contribution in [-0.4, -0.2) is 0 Å². The van der Waals surface area contributed by atoms with E-state index in [9.17, 15) is 4.39 Å². The van der Waals surface area contributed by atoms with E-state index < -0.39 is 5.82 Å². The monoisotopic (exact) mass is 241 g/mol. The normalized spacial score (nSPS) is 9.78. The number of benzene rings is 2. The summed E-state index contributed by atoms with van der Waals surface area (Å²) in [7, 11) is 0. The van der Waals surface area contributed by atoms with Crippen LogP contribution in [0.3, 0.4) is 0 Å². The van der Waals surface area contributed by atoms with E-state index >= 15 is 0 Å². The van der Waals surface area contributed by atoms with Crippen molar-refractivity contribution in [3.05, 3.63) is 65.5 Å². The Bertz CT molecular complexity index is 560. The molecule has 0 bridgehead atoms. The summed E-state index contributed by atoms with van der Waals surface area (Å²) in [5.74, 6) is -0.262. The second-order valence-corrected chi connectivity index (χ2v) is 3.84. The van der Waals surface area contributed by atoms with Crippen molar-refractivity contribution in [3.8, 4) is 11.8 Å². The first-order valence-corrected chi connectivity index (χ1v) is 5.62. The molecule has 0 radical (unpaired) electrons. The molecule has 0 aliphatic carbocycles. The molecule has 0 aliphatic rings. The SMILES string of the molecule is N#CCc1cccc(F)c1OCc1ccccc1. The van der Waals surface area contributed by atoms with Crippen LogP contribution in [0.1, 0.15) is 11.1 Å². The molecular weight excluding hydrogens is 229 g/mol. The standard InChI is InChI=1S/C15H12FNO/c16-14-8-4-7-13(9-10-17)15(14)18-11-12-5-2-1-3-6-12/h1-8H,9,11H2. The minimum Gasteiger partial charge on any atom is -0.486 e. The van der Waals surface area contributed by atoms with Gasteiger partial charge in [0.1, 0.15) is 6.61 Å². The third-order valence-corrected chi connectivity index (χ3v) is 2.54. The Morgan fingerprint density at radius 2 is 1.83 bits per heavy atom. The van der Waals surface area contributed by atoms with Crippen molar-refractivity contribution < 1.29 is 9.13 Å². The van der Waals surface area contributed by atoms with Crippen LogP contribution in [-0.2, 0) is 13.0 Å². The van der Waals surface area contributed by atoms with Crippen LogP contribution >= 0.6 is 0 Å². The fourth-order valence-corrected chi connectivity index (χ4v) is 1.67. The number of hydrogen-bond donors (Lipinski definition) is 0. The molecule has 2 nitrogen and oxygen atoms in total. The minimum atomic E-state index is -0.432. The Hall–Kier alpha value is -2.34. The second-order valence-electron chi connectivity index (χ2n) is 3.84. The summed E-state index contributed by atoms with van der Waals surface area (Å²) in [6, 6.07) is 16.1. The largest absolute Gasteiger partial charge is 0.486 e. The predicted octanol–water partition coefficient (Wildman–Crippen LogP) is 3.47. The van der Waals surface area contributed by atoms with Crippen LogP contribution in [0.4, 0.5) is 4.39 Å². The maximum atomic E-state index is 13.6. The lowest BCUT2D eigenvalue weighted by Crippen LogP contribution is -2.00. The summed E-state index contributed by atoms with van der Waals surface area (Å²) in [4.78, 5) is 0. The molecule has 0 aliphatic heterocycles. The summed E-state index contributed by atoms with van der Waals surface area (Å²) in [5.41, 5.74) is 1.54. The highest BCUT2D eigenvalue weighted by molar-refractivity contribution is 5.37. The Morgan fingerprint density at radius 3 is 2.56 bits per heavy atom. The summed E-state index contributed by atoms with van der Waals surface area (Å²) in [6.07, 6.45) is 0.141. The van der Waals surface area contributed by atoms with Gasteiger partial charge in [0, 0.05) is 5.56 Å². The van der Waals surface area contributed by atoms with Gasteiger partial charge in [-0.1, -0.05) is 42.5 Å². The lowest BCUT2D eigenvalue weighted by Gasteiger charge is -2.10. The zero-order valence-electron chi connectivity index (χ0n) is 9.77. The first-order valence-electron chi connectivity index (χ1n) is 5.62. The number of nitrogens with zero attached hydrogens (tertiary/aromatic N) is 1. The summed E-state index contributed by atoms with van der Waals surface area (Å²) in [6.45, 7) is 0.292. The molecule has 0 N–H and O–H groups in total. The van der Waals surface area contributed by atoms with E-state index in [4.69, 9.17) is 10.00 Å². The average molecular weight is 241 g/mol. The minimum absolute atomic E-state index is 0.141. The summed E-state index contributed by atoms with van der Waals surface area (Å²) >= 11 is 0. The molecule has 18 heavy (non-hydrogen) atoms. The molecule has 3 heteroatoms. The van der Waals surface area contributed by atoms with Crippen molar-refractivity contribution in [2.45, 2.75) is 13.0 Å². The van der Waals surface area contributed by atoms with Crippen molar-refractivity contribution >= 4 is 0 Å². The number of rotatable bonds is 4. The van der Waals surface area contributed by atoms with E-state index in [1.54, 1.807) is 12.1 Å². The second kappa shape index (κ2) is 5.83. The van der Waals surface area contributed by atoms with Crippen molar-refractivity contribution in [1.29, 1.82) is 5.26 Å². The molecule has 0 spiro atoms. The van der Waals surface area contributed by atoms with Gasteiger partial charge in [0.05, 0.1) is 12.5 Å². The molecule has 0 saturated heterocycles. The Labute approximate surface area is 105 Å². The van der Waals surface area contributed by atoms with Gasteiger partial charge in [-0.15, -0.1) is 0 Å². The number of hydrogen-bond acceptors (Lipinski definition) is 2. The van der Waals surface area contributed by atoms with Crippen molar-refractivity contribution in [1.82, 2.24) is 0 Å². The quantitative estimate of drug-likeness (QED) is 0.821. The van der Waals surface area contributed by atoms with E-state index in [1.165, 1.54) is 6.07 Å². The van der Waals surface area contributed by atoms with Gasteiger partial charge in [0.15, 0.2) is 11.6 Å². The van der Waals surface area contributed by atoms with Gasteiger partial charge in [-0.2, -0.15) is 5.26 Å². The first kappa shape index (κ1) is 12.1. The van der Waals surface area contributed by atoms with Crippen LogP contribution < -0.4 is 4.74 Å². The first-order chi connectivity index (χ1) is 8.81. The third kappa shape index (κ3) is 2.86. The molecule has 0 fully saturated rings. The van der Waals surface area contributed by atoms with Crippen LogP contribution in [0.15, 0.2) is 48.5 Å². The zero-order valence-corrected chi connectivity index (χ0v) is 9.77. The molecule has 0 aromatic heterocycles. The lowest BCUT2D eigenvalue weighted by atomic mass is 10.1. The smallest absolute Gasteiger partial charge is 0.165 e. The van der Waals surface area contributed by atoms with Crippen molar-refractivity contribution in [3.63, 3.8) is 0 Å². The van der Waals surface area contributed by atoms with Crippen molar-refractivity contribution in [2.24, 2.45) is 0 Å². The molecule has 0 amide bonds. The van der Waals surface area contributed by atoms with E-state index in [-0.39, 0.29) is 12.2 Å². The molecule has 2 rings (SSSR count). The zero-order chi connectivity index (χ0) is 12.8. The van der Waals surface area contributed by atoms with Crippen molar-refractivity contribution in [2.75, 3.05) is 0 Å². The topological polar surface area (TPSA) is 33.0 Å². The molecule has 0 heterocycles. The van der Waals surface area contributed by atoms with Crippen LogP contribution in [0, 0.1) is 17.1 Å². The molecule has 2 aromatic carbocycles. The Morgan fingerprint density at radius 1 is 1.06 bits per heavy atom. The highest BCUT2D eigenvalue weighted by Gasteiger charge is 2.09. The maximum Gasteiger partial charge on any atom is 0.165 e. The lowest BCUT2D eigenvalue weighted by molar-refractivity contribution is 0.287. The van der Waals surface area contributed by atoms with E-state index in [0.29, 0.717) is 12.2 Å². The van der Waals surface area contributed by atoms with Crippen LogP contribution in [0.25, 0.3) is 0 Å². The number of para-hydroxylation sites is 1. The van der Waals surface area contributed by atoms with Gasteiger partial charge < -0.3 is 4.74 Å². The maximum absolute atomic E-state index is 13.6. The highest BCUT2D eigenvalue weighted by atomic mass is 19.1. The van der Waals surface area contributed by atoms with Gasteiger partial charge >= 0.3 is 0 Å². The number of ether oxygens (including phenoxy) is 1. The van der Waals surface area contributed by atoms with E-state index in [1.807, 2.05) is 36.4 Å². The summed E-state index contributed by atoms with van der Waals surface area (Å²) < 4.78 is 19.1. The fraction of sp³-hybridized carbons (Fsp3) is 0.133. The molecule has 90 valence electrons. The Kier molecular flexibility index (Phi) is 3.93. The van der Waals surface area contributed by atoms with E-state index in [0.717, 1.165) is 5.56 Å². The van der Waals surface area contributed by atoms with Gasteiger partial charge in [0.2, 0.25) is 0 Å².